The second kappa shape index (κ2) is 6.49. The third kappa shape index (κ3) is 2.97. The Labute approximate surface area is 152 Å². The van der Waals surface area contributed by atoms with Crippen LogP contribution < -0.4 is 10.9 Å². The molecule has 1 N–H and O–H groups in total. The van der Waals surface area contributed by atoms with E-state index in [4.69, 9.17) is 0 Å². The highest BCUT2D eigenvalue weighted by Gasteiger charge is 2.22. The molecule has 27 heavy (non-hydrogen) atoms. The van der Waals surface area contributed by atoms with E-state index in [-0.39, 0.29) is 28.0 Å². The Balaban J connectivity index is 1.88. The number of nitrogens with zero attached hydrogens (tertiary/aromatic N) is 4. The van der Waals surface area contributed by atoms with Crippen molar-refractivity contribution in [1.29, 1.82) is 0 Å². The van der Waals surface area contributed by atoms with Crippen LogP contribution in [0.2, 0.25) is 0 Å². The molecule has 0 saturated heterocycles. The summed E-state index contributed by atoms with van der Waals surface area (Å²) in [7, 11) is 1.57. The van der Waals surface area contributed by atoms with Crippen LogP contribution in [0.3, 0.4) is 0 Å². The molecule has 2 heterocycles. The van der Waals surface area contributed by atoms with Crippen LogP contribution in [0, 0.1) is 5.82 Å². The third-order valence-electron chi connectivity index (χ3n) is 4.04. The molecule has 2 aromatic carbocycles. The lowest BCUT2D eigenvalue weighted by Crippen LogP contribution is -2.19. The third-order valence-corrected chi connectivity index (χ3v) is 4.04. The number of aryl methyl sites for hydroxylation is 1. The van der Waals surface area contributed by atoms with E-state index < -0.39 is 11.7 Å². The molecule has 0 bridgehead atoms. The first kappa shape index (κ1) is 16.6. The average Bonchev–Trinajstić information content (AvgIpc) is 3.06. The van der Waals surface area contributed by atoms with E-state index in [1.807, 2.05) is 6.07 Å². The van der Waals surface area contributed by atoms with Crippen LogP contribution >= 0.6 is 0 Å². The SMILES string of the molecule is Cn1cnc2c(C(=O)Nc3cccc(F)c3)nn(-c3ccccc3)c2c1=O. The second-order valence-electron chi connectivity index (χ2n) is 5.92. The molecule has 1 amide bonds. The standard InChI is InChI=1S/C19H14FN5O2/c1-24-11-21-15-16(18(26)22-13-7-5-6-12(20)10-13)23-25(17(15)19(24)27)14-8-3-2-4-9-14/h2-11H,1H3,(H,22,26). The van der Waals surface area contributed by atoms with Crippen LogP contribution in [0.4, 0.5) is 10.1 Å². The number of hydrogen-bond donors (Lipinski definition) is 1. The summed E-state index contributed by atoms with van der Waals surface area (Å²) in [5, 5.41) is 6.90. The Morgan fingerprint density at radius 3 is 2.63 bits per heavy atom. The van der Waals surface area contributed by atoms with E-state index >= 15 is 0 Å². The van der Waals surface area contributed by atoms with Crippen LogP contribution in [-0.4, -0.2) is 25.2 Å². The summed E-state index contributed by atoms with van der Waals surface area (Å²) in [5.74, 6) is -1.06. The van der Waals surface area contributed by atoms with Gasteiger partial charge in [-0.15, -0.1) is 0 Å². The Kier molecular flexibility index (Phi) is 4.00. The summed E-state index contributed by atoms with van der Waals surface area (Å²) < 4.78 is 16.1. The van der Waals surface area contributed by atoms with Crippen LogP contribution in [0.25, 0.3) is 16.7 Å². The molecule has 7 nitrogen and oxygen atoms in total. The summed E-state index contributed by atoms with van der Waals surface area (Å²) in [6, 6.07) is 14.5. The summed E-state index contributed by atoms with van der Waals surface area (Å²) in [5.41, 5.74) is 0.923. The van der Waals surface area contributed by atoms with Gasteiger partial charge in [-0.3, -0.25) is 9.59 Å². The summed E-state index contributed by atoms with van der Waals surface area (Å²) >= 11 is 0. The number of aromatic nitrogens is 4. The zero-order valence-electron chi connectivity index (χ0n) is 14.3. The first-order chi connectivity index (χ1) is 13.0. The zero-order chi connectivity index (χ0) is 19.0. The maximum Gasteiger partial charge on any atom is 0.279 e. The highest BCUT2D eigenvalue weighted by molar-refractivity contribution is 6.10. The first-order valence-electron chi connectivity index (χ1n) is 8.11. The Morgan fingerprint density at radius 1 is 1.11 bits per heavy atom. The van der Waals surface area contributed by atoms with Gasteiger partial charge in [-0.2, -0.15) is 5.10 Å². The summed E-state index contributed by atoms with van der Waals surface area (Å²) in [6.07, 6.45) is 1.33. The van der Waals surface area contributed by atoms with Gasteiger partial charge >= 0.3 is 0 Å². The Bertz CT molecular complexity index is 1210. The lowest BCUT2D eigenvalue weighted by atomic mass is 10.2. The van der Waals surface area contributed by atoms with Crippen molar-refractivity contribution in [2.24, 2.45) is 7.05 Å². The van der Waals surface area contributed by atoms with Crippen LogP contribution in [0.15, 0.2) is 65.7 Å². The number of amides is 1. The number of carbonyl (C=O) groups excluding carboxylic acids is 1. The molecule has 134 valence electrons. The van der Waals surface area contributed by atoms with E-state index in [0.717, 1.165) is 0 Å². The van der Waals surface area contributed by atoms with E-state index in [0.29, 0.717) is 5.69 Å². The van der Waals surface area contributed by atoms with Crippen molar-refractivity contribution in [2.45, 2.75) is 0 Å². The van der Waals surface area contributed by atoms with Crippen molar-refractivity contribution in [3.63, 3.8) is 0 Å². The van der Waals surface area contributed by atoms with Crippen molar-refractivity contribution in [2.75, 3.05) is 5.32 Å². The highest BCUT2D eigenvalue weighted by atomic mass is 19.1. The summed E-state index contributed by atoms with van der Waals surface area (Å²) in [6.45, 7) is 0. The van der Waals surface area contributed by atoms with Gasteiger partial charge in [0.1, 0.15) is 11.3 Å². The van der Waals surface area contributed by atoms with Crippen molar-refractivity contribution in [3.05, 3.63) is 82.8 Å². The van der Waals surface area contributed by atoms with Crippen LogP contribution in [-0.2, 0) is 7.05 Å². The van der Waals surface area contributed by atoms with Crippen molar-refractivity contribution in [3.8, 4) is 5.69 Å². The van der Waals surface area contributed by atoms with Gasteiger partial charge in [0.05, 0.1) is 12.0 Å². The second-order valence-corrected chi connectivity index (χ2v) is 5.92. The molecule has 0 atom stereocenters. The van der Waals surface area contributed by atoms with Gasteiger partial charge in [-0.25, -0.2) is 14.1 Å². The number of nitrogens with one attached hydrogen (secondary N) is 1. The topological polar surface area (TPSA) is 81.8 Å². The molecular formula is C19H14FN5O2. The van der Waals surface area contributed by atoms with E-state index in [1.54, 1.807) is 37.4 Å². The fourth-order valence-corrected chi connectivity index (χ4v) is 2.75. The molecule has 0 saturated carbocycles. The average molecular weight is 363 g/mol. The number of benzene rings is 2. The molecule has 2 aromatic heterocycles. The minimum Gasteiger partial charge on any atom is -0.320 e. The molecule has 0 radical (unpaired) electrons. The lowest BCUT2D eigenvalue weighted by molar-refractivity contribution is 0.102. The van der Waals surface area contributed by atoms with E-state index in [2.05, 4.69) is 15.4 Å². The highest BCUT2D eigenvalue weighted by Crippen LogP contribution is 2.19. The number of halogens is 1. The van der Waals surface area contributed by atoms with Crippen LogP contribution in [0.5, 0.6) is 0 Å². The van der Waals surface area contributed by atoms with Crippen LogP contribution in [0.1, 0.15) is 10.5 Å². The predicted octanol–water partition coefficient (Wildman–Crippen LogP) is 2.51. The number of carbonyl (C=O) groups is 1. The number of para-hydroxylation sites is 1. The normalized spacial score (nSPS) is 10.9. The van der Waals surface area contributed by atoms with E-state index in [9.17, 15) is 14.0 Å². The molecule has 8 heteroatoms. The molecule has 0 aliphatic rings. The lowest BCUT2D eigenvalue weighted by Gasteiger charge is -2.03. The van der Waals surface area contributed by atoms with Crippen molar-refractivity contribution in [1.82, 2.24) is 19.3 Å². The van der Waals surface area contributed by atoms with Gasteiger partial charge < -0.3 is 9.88 Å². The van der Waals surface area contributed by atoms with Gasteiger partial charge in [0, 0.05) is 12.7 Å². The molecule has 4 rings (SSSR count). The number of fused-ring (bicyclic) bond motifs is 1. The molecule has 4 aromatic rings. The van der Waals surface area contributed by atoms with E-state index in [1.165, 1.54) is 33.8 Å². The summed E-state index contributed by atoms with van der Waals surface area (Å²) in [4.78, 5) is 29.6. The van der Waals surface area contributed by atoms with Crippen molar-refractivity contribution >= 4 is 22.6 Å². The smallest absolute Gasteiger partial charge is 0.279 e. The van der Waals surface area contributed by atoms with Crippen molar-refractivity contribution < 1.29 is 9.18 Å². The maximum atomic E-state index is 13.4. The van der Waals surface area contributed by atoms with Gasteiger partial charge in [0.15, 0.2) is 11.2 Å². The molecule has 0 spiro atoms. The predicted molar refractivity (Wildman–Crippen MR) is 98.5 cm³/mol. The van der Waals surface area contributed by atoms with Gasteiger partial charge in [0.25, 0.3) is 11.5 Å². The maximum absolute atomic E-state index is 13.4. The molecule has 0 aliphatic heterocycles. The van der Waals surface area contributed by atoms with Gasteiger partial charge in [-0.05, 0) is 30.3 Å². The monoisotopic (exact) mass is 363 g/mol. The molecule has 0 aliphatic carbocycles. The molecule has 0 fully saturated rings. The first-order valence-corrected chi connectivity index (χ1v) is 8.11. The zero-order valence-corrected chi connectivity index (χ0v) is 14.3. The number of hydrogen-bond acceptors (Lipinski definition) is 4. The fourth-order valence-electron chi connectivity index (χ4n) is 2.75. The molecule has 0 unspecified atom stereocenters. The Hall–Kier alpha value is -3.81. The number of anilines is 1. The minimum atomic E-state index is -0.582. The quantitative estimate of drug-likeness (QED) is 0.606. The largest absolute Gasteiger partial charge is 0.320 e. The Morgan fingerprint density at radius 2 is 1.89 bits per heavy atom. The minimum absolute atomic E-state index is 0.0178. The van der Waals surface area contributed by atoms with Gasteiger partial charge in [0.2, 0.25) is 0 Å². The van der Waals surface area contributed by atoms with Gasteiger partial charge in [-0.1, -0.05) is 24.3 Å². The number of rotatable bonds is 3. The fraction of sp³-hybridized carbons (Fsp3) is 0.0526. The molecular weight excluding hydrogens is 349 g/mol.